The quantitative estimate of drug-likeness (QED) is 0.548. The van der Waals surface area contributed by atoms with E-state index in [1.54, 1.807) is 0 Å². The van der Waals surface area contributed by atoms with Gasteiger partial charge < -0.3 is 20.4 Å². The maximum Gasteiger partial charge on any atom is 0.191 e. The molecule has 0 spiro atoms. The van der Waals surface area contributed by atoms with Gasteiger partial charge in [-0.3, -0.25) is 4.99 Å². The summed E-state index contributed by atoms with van der Waals surface area (Å²) in [6, 6.07) is 4.33. The fourth-order valence-corrected chi connectivity index (χ4v) is 3.83. The van der Waals surface area contributed by atoms with Crippen molar-refractivity contribution < 1.29 is 0 Å². The van der Waals surface area contributed by atoms with E-state index in [1.165, 1.54) is 31.1 Å². The average molecular weight is 366 g/mol. The van der Waals surface area contributed by atoms with E-state index in [-0.39, 0.29) is 0 Å². The Balaban J connectivity index is 1.75. The summed E-state index contributed by atoms with van der Waals surface area (Å²) >= 11 is 1.82. The first-order chi connectivity index (χ1) is 12.1. The van der Waals surface area contributed by atoms with Crippen LogP contribution in [0.25, 0.3) is 0 Å². The first-order valence-electron chi connectivity index (χ1n) is 9.55. The van der Waals surface area contributed by atoms with Crippen molar-refractivity contribution in [2.75, 3.05) is 59.4 Å². The van der Waals surface area contributed by atoms with Gasteiger partial charge in [0.05, 0.1) is 0 Å². The Hall–Kier alpha value is -1.11. The van der Waals surface area contributed by atoms with Gasteiger partial charge in [-0.05, 0) is 31.3 Å². The van der Waals surface area contributed by atoms with Crippen LogP contribution < -0.4 is 10.6 Å². The number of hydrogen-bond acceptors (Lipinski definition) is 4. The molecule has 5 nitrogen and oxygen atoms in total. The van der Waals surface area contributed by atoms with E-state index in [0.29, 0.717) is 11.8 Å². The van der Waals surface area contributed by atoms with E-state index < -0.39 is 0 Å². The van der Waals surface area contributed by atoms with Crippen molar-refractivity contribution in [1.29, 1.82) is 0 Å². The SMILES string of the molecule is CCNC(=NCC(C)CN1CCN(C)CC1)NCC(C)c1cccs1. The van der Waals surface area contributed by atoms with Gasteiger partial charge in [-0.2, -0.15) is 0 Å². The number of guanidine groups is 1. The first-order valence-corrected chi connectivity index (χ1v) is 10.4. The minimum absolute atomic E-state index is 0.506. The van der Waals surface area contributed by atoms with Gasteiger partial charge in [-0.15, -0.1) is 11.3 Å². The van der Waals surface area contributed by atoms with Crippen LogP contribution in [0.1, 0.15) is 31.6 Å². The molecule has 1 aliphatic heterocycles. The smallest absolute Gasteiger partial charge is 0.191 e. The molecule has 6 heteroatoms. The third-order valence-electron chi connectivity index (χ3n) is 4.68. The normalized spacial score (nSPS) is 19.6. The molecule has 0 bridgehead atoms. The van der Waals surface area contributed by atoms with Crippen molar-refractivity contribution in [2.45, 2.75) is 26.7 Å². The maximum atomic E-state index is 4.81. The van der Waals surface area contributed by atoms with Gasteiger partial charge in [0.2, 0.25) is 0 Å². The van der Waals surface area contributed by atoms with Gasteiger partial charge in [0.1, 0.15) is 0 Å². The lowest BCUT2D eigenvalue weighted by atomic mass is 10.1. The monoisotopic (exact) mass is 365 g/mol. The van der Waals surface area contributed by atoms with Crippen LogP contribution in [-0.2, 0) is 0 Å². The molecule has 142 valence electrons. The van der Waals surface area contributed by atoms with Gasteiger partial charge in [-0.1, -0.05) is 19.9 Å². The Morgan fingerprint density at radius 2 is 2.00 bits per heavy atom. The van der Waals surface area contributed by atoms with E-state index in [4.69, 9.17) is 4.99 Å². The molecule has 25 heavy (non-hydrogen) atoms. The minimum atomic E-state index is 0.506. The van der Waals surface area contributed by atoms with Gasteiger partial charge >= 0.3 is 0 Å². The standard InChI is InChI=1S/C19H35N5S/c1-5-20-19(22-14-17(3)18-7-6-12-25-18)21-13-16(2)15-24-10-8-23(4)9-11-24/h6-7,12,16-17H,5,8-11,13-15H2,1-4H3,(H2,20,21,22). The second-order valence-electron chi connectivity index (χ2n) is 7.23. The Kier molecular flexibility index (Phi) is 8.72. The van der Waals surface area contributed by atoms with Crippen LogP contribution in [0.4, 0.5) is 0 Å². The lowest BCUT2D eigenvalue weighted by molar-refractivity contribution is 0.140. The summed E-state index contributed by atoms with van der Waals surface area (Å²) in [6.45, 7) is 15.2. The number of aliphatic imine (C=N–C) groups is 1. The molecule has 2 rings (SSSR count). The van der Waals surface area contributed by atoms with Crippen LogP contribution in [0.3, 0.4) is 0 Å². The minimum Gasteiger partial charge on any atom is -0.357 e. The second-order valence-corrected chi connectivity index (χ2v) is 8.21. The van der Waals surface area contributed by atoms with E-state index >= 15 is 0 Å². The summed E-state index contributed by atoms with van der Waals surface area (Å²) in [5.41, 5.74) is 0. The van der Waals surface area contributed by atoms with Crippen molar-refractivity contribution in [3.63, 3.8) is 0 Å². The predicted molar refractivity (Wildman–Crippen MR) is 110 cm³/mol. The number of nitrogens with zero attached hydrogens (tertiary/aromatic N) is 3. The topological polar surface area (TPSA) is 42.9 Å². The zero-order valence-corrected chi connectivity index (χ0v) is 17.1. The Morgan fingerprint density at radius 3 is 2.64 bits per heavy atom. The van der Waals surface area contributed by atoms with Crippen molar-refractivity contribution >= 4 is 17.3 Å². The van der Waals surface area contributed by atoms with Gasteiger partial charge in [0, 0.05) is 63.2 Å². The lowest BCUT2D eigenvalue weighted by Gasteiger charge is -2.33. The number of hydrogen-bond donors (Lipinski definition) is 2. The van der Waals surface area contributed by atoms with E-state index in [1.807, 2.05) is 11.3 Å². The van der Waals surface area contributed by atoms with Gasteiger partial charge in [0.25, 0.3) is 0 Å². The zero-order valence-electron chi connectivity index (χ0n) is 16.3. The molecular weight excluding hydrogens is 330 g/mol. The summed E-state index contributed by atoms with van der Waals surface area (Å²) in [7, 11) is 2.20. The first kappa shape index (κ1) is 20.2. The molecule has 2 unspecified atom stereocenters. The highest BCUT2D eigenvalue weighted by Gasteiger charge is 2.16. The van der Waals surface area contributed by atoms with Crippen LogP contribution in [0.15, 0.2) is 22.5 Å². The number of piperazine rings is 1. The van der Waals surface area contributed by atoms with Crippen LogP contribution in [0.2, 0.25) is 0 Å². The molecule has 2 N–H and O–H groups in total. The van der Waals surface area contributed by atoms with Crippen molar-refractivity contribution in [3.8, 4) is 0 Å². The second kappa shape index (κ2) is 10.8. The molecular formula is C19H35N5S. The van der Waals surface area contributed by atoms with Crippen LogP contribution in [0, 0.1) is 5.92 Å². The number of nitrogens with one attached hydrogen (secondary N) is 2. The zero-order chi connectivity index (χ0) is 18.1. The van der Waals surface area contributed by atoms with Crippen molar-refractivity contribution in [2.24, 2.45) is 10.9 Å². The van der Waals surface area contributed by atoms with Gasteiger partial charge in [-0.25, -0.2) is 0 Å². The Bertz CT molecular complexity index is 494. The summed E-state index contributed by atoms with van der Waals surface area (Å²) in [5, 5.41) is 9.01. The van der Waals surface area contributed by atoms with E-state index in [0.717, 1.165) is 32.1 Å². The summed E-state index contributed by atoms with van der Waals surface area (Å²) in [5.74, 6) is 2.02. The molecule has 2 heterocycles. The molecule has 2 atom stereocenters. The lowest BCUT2D eigenvalue weighted by Crippen LogP contribution is -2.46. The fourth-order valence-electron chi connectivity index (χ4n) is 3.04. The molecule has 1 aliphatic rings. The molecule has 1 aromatic rings. The summed E-state index contributed by atoms with van der Waals surface area (Å²) in [4.78, 5) is 11.2. The van der Waals surface area contributed by atoms with Crippen molar-refractivity contribution in [1.82, 2.24) is 20.4 Å². The summed E-state index contributed by atoms with van der Waals surface area (Å²) < 4.78 is 0. The third kappa shape index (κ3) is 7.34. The molecule has 0 amide bonds. The largest absolute Gasteiger partial charge is 0.357 e. The fraction of sp³-hybridized carbons (Fsp3) is 0.737. The number of thiophene rings is 1. The number of rotatable bonds is 8. The number of likely N-dealkylation sites (N-methyl/N-ethyl adjacent to an activating group) is 1. The highest BCUT2D eigenvalue weighted by atomic mass is 32.1. The third-order valence-corrected chi connectivity index (χ3v) is 5.78. The van der Waals surface area contributed by atoms with Crippen LogP contribution in [0.5, 0.6) is 0 Å². The molecule has 1 saturated heterocycles. The highest BCUT2D eigenvalue weighted by molar-refractivity contribution is 7.10. The predicted octanol–water partition coefficient (Wildman–Crippen LogP) is 2.29. The Labute approximate surface area is 157 Å². The maximum absolute atomic E-state index is 4.81. The van der Waals surface area contributed by atoms with Crippen molar-refractivity contribution in [3.05, 3.63) is 22.4 Å². The molecule has 0 aromatic carbocycles. The van der Waals surface area contributed by atoms with Crippen LogP contribution in [-0.4, -0.2) is 75.2 Å². The van der Waals surface area contributed by atoms with Gasteiger partial charge in [0.15, 0.2) is 5.96 Å². The molecule has 1 aromatic heterocycles. The van der Waals surface area contributed by atoms with Crippen LogP contribution >= 0.6 is 11.3 Å². The molecule has 0 aliphatic carbocycles. The molecule has 0 saturated carbocycles. The highest BCUT2D eigenvalue weighted by Crippen LogP contribution is 2.19. The van der Waals surface area contributed by atoms with E-state index in [9.17, 15) is 0 Å². The molecule has 0 radical (unpaired) electrons. The van der Waals surface area contributed by atoms with E-state index in [2.05, 4.69) is 65.8 Å². The average Bonchev–Trinajstić information content (AvgIpc) is 3.14. The summed E-state index contributed by atoms with van der Waals surface area (Å²) in [6.07, 6.45) is 0. The molecule has 1 fully saturated rings. The Morgan fingerprint density at radius 1 is 1.24 bits per heavy atom.